The van der Waals surface area contributed by atoms with Gasteiger partial charge in [0.2, 0.25) is 17.7 Å². The summed E-state index contributed by atoms with van der Waals surface area (Å²) < 4.78 is 18.6. The summed E-state index contributed by atoms with van der Waals surface area (Å²) in [6.07, 6.45) is 3.22. The Morgan fingerprint density at radius 3 is 2.79 bits per heavy atom. The molecule has 0 aliphatic carbocycles. The van der Waals surface area contributed by atoms with Gasteiger partial charge in [0.1, 0.15) is 18.4 Å². The van der Waals surface area contributed by atoms with Crippen molar-refractivity contribution in [3.05, 3.63) is 41.5 Å². The van der Waals surface area contributed by atoms with Crippen molar-refractivity contribution >= 4 is 23.6 Å². The van der Waals surface area contributed by atoms with Crippen LogP contribution in [0.4, 0.5) is 4.39 Å². The third-order valence-electron chi connectivity index (χ3n) is 6.52. The van der Waals surface area contributed by atoms with Crippen molar-refractivity contribution in [2.45, 2.75) is 57.2 Å². The number of hydrogen-bond acceptors (Lipinski definition) is 5. The Hall–Kier alpha value is -3.23. The number of ether oxygens (including phenoxy) is 1. The van der Waals surface area contributed by atoms with E-state index in [-0.39, 0.29) is 55.3 Å². The summed E-state index contributed by atoms with van der Waals surface area (Å²) in [6.45, 7) is 4.27. The van der Waals surface area contributed by atoms with Gasteiger partial charge < -0.3 is 14.5 Å². The van der Waals surface area contributed by atoms with Gasteiger partial charge >= 0.3 is 0 Å². The number of amides is 4. The molecule has 2 saturated heterocycles. The van der Waals surface area contributed by atoms with E-state index >= 15 is 0 Å². The first-order valence-corrected chi connectivity index (χ1v) is 11.3. The quantitative estimate of drug-likeness (QED) is 0.500. The molecule has 0 bridgehead atoms. The lowest BCUT2D eigenvalue weighted by Gasteiger charge is -2.36. The minimum absolute atomic E-state index is 0.0332. The highest BCUT2D eigenvalue weighted by Gasteiger charge is 2.39. The number of benzene rings is 1. The fourth-order valence-electron chi connectivity index (χ4n) is 4.70. The van der Waals surface area contributed by atoms with Gasteiger partial charge in [0.25, 0.3) is 5.91 Å². The highest BCUT2D eigenvalue weighted by molar-refractivity contribution is 6.05. The predicted octanol–water partition coefficient (Wildman–Crippen LogP) is 2.12. The second-order valence-electron chi connectivity index (χ2n) is 8.72. The van der Waals surface area contributed by atoms with E-state index in [0.717, 1.165) is 24.8 Å². The maximum atomic E-state index is 12.8. The number of alkyl halides is 1. The van der Waals surface area contributed by atoms with E-state index in [1.54, 1.807) is 23.1 Å². The van der Waals surface area contributed by atoms with Crippen LogP contribution in [0.25, 0.3) is 0 Å². The van der Waals surface area contributed by atoms with Crippen LogP contribution in [-0.2, 0) is 20.9 Å². The number of likely N-dealkylation sites (tertiary alicyclic amines) is 1. The van der Waals surface area contributed by atoms with Crippen LogP contribution in [-0.4, -0.2) is 65.3 Å². The molecule has 1 unspecified atom stereocenters. The third-order valence-corrected chi connectivity index (χ3v) is 6.52. The Labute approximate surface area is 191 Å². The first-order chi connectivity index (χ1) is 15.9. The molecule has 4 amide bonds. The number of nitrogens with one attached hydrogen (secondary N) is 1. The van der Waals surface area contributed by atoms with E-state index < -0.39 is 18.6 Å². The maximum absolute atomic E-state index is 12.8. The number of rotatable bonds is 7. The van der Waals surface area contributed by atoms with Gasteiger partial charge in [-0.15, -0.1) is 0 Å². The molecular formula is C24H28FN3O5. The lowest BCUT2D eigenvalue weighted by Crippen LogP contribution is -2.52. The summed E-state index contributed by atoms with van der Waals surface area (Å²) in [5.41, 5.74) is 1.55. The van der Waals surface area contributed by atoms with Crippen molar-refractivity contribution in [1.29, 1.82) is 0 Å². The number of piperidine rings is 2. The Kier molecular flexibility index (Phi) is 6.76. The topological polar surface area (TPSA) is 96.0 Å². The zero-order valence-electron chi connectivity index (χ0n) is 18.5. The fourth-order valence-corrected chi connectivity index (χ4v) is 4.70. The monoisotopic (exact) mass is 457 g/mol. The van der Waals surface area contributed by atoms with Gasteiger partial charge in [-0.05, 0) is 49.4 Å². The summed E-state index contributed by atoms with van der Waals surface area (Å²) in [5.74, 6) is -0.644. The fraction of sp³-hybridized carbons (Fsp3) is 0.500. The molecule has 3 heterocycles. The number of carbonyl (C=O) groups is 4. The minimum atomic E-state index is -0.661. The number of hydrogen-bond donors (Lipinski definition) is 1. The second-order valence-corrected chi connectivity index (χ2v) is 8.72. The van der Waals surface area contributed by atoms with Crippen LogP contribution >= 0.6 is 0 Å². The number of halogens is 1. The summed E-state index contributed by atoms with van der Waals surface area (Å²) in [4.78, 5) is 52.3. The van der Waals surface area contributed by atoms with Gasteiger partial charge in [0.05, 0.1) is 12.7 Å². The van der Waals surface area contributed by atoms with Crippen molar-refractivity contribution < 1.29 is 28.3 Å². The number of fused-ring (bicyclic) bond motifs is 1. The normalized spacial score (nSPS) is 22.8. The van der Waals surface area contributed by atoms with E-state index in [2.05, 4.69) is 11.9 Å². The van der Waals surface area contributed by atoms with Crippen LogP contribution < -0.4 is 10.1 Å². The lowest BCUT2D eigenvalue weighted by atomic mass is 10.0. The molecule has 9 heteroatoms. The summed E-state index contributed by atoms with van der Waals surface area (Å²) in [6, 6.07) is 4.40. The molecule has 33 heavy (non-hydrogen) atoms. The molecule has 3 aliphatic rings. The van der Waals surface area contributed by atoms with Crippen molar-refractivity contribution in [2.75, 3.05) is 19.8 Å². The Morgan fingerprint density at radius 1 is 1.21 bits per heavy atom. The molecule has 3 aliphatic heterocycles. The average Bonchev–Trinajstić information content (AvgIpc) is 3.13. The Balaban J connectivity index is 1.41. The molecule has 0 saturated carbocycles. The van der Waals surface area contributed by atoms with Crippen molar-refractivity contribution in [3.8, 4) is 5.75 Å². The number of carbonyl (C=O) groups excluding carboxylic acids is 4. The predicted molar refractivity (Wildman–Crippen MR) is 117 cm³/mol. The Morgan fingerprint density at radius 2 is 2.03 bits per heavy atom. The van der Waals surface area contributed by atoms with E-state index in [1.165, 1.54) is 4.90 Å². The Bertz CT molecular complexity index is 994. The number of nitrogens with zero attached hydrogens (tertiary/aromatic N) is 2. The molecule has 8 nitrogen and oxygen atoms in total. The van der Waals surface area contributed by atoms with Crippen LogP contribution in [0.15, 0.2) is 30.4 Å². The highest BCUT2D eigenvalue weighted by Crippen LogP contribution is 2.30. The van der Waals surface area contributed by atoms with Crippen LogP contribution in [0.1, 0.15) is 54.4 Å². The largest absolute Gasteiger partial charge is 0.491 e. The SMILES string of the molecule is C=C(CCF)C(=O)N1CCCC[C@H]1COc1ccc2c(c1)CN(C1CCC(=O)NC1=O)C2=O. The van der Waals surface area contributed by atoms with Gasteiger partial charge in [-0.1, -0.05) is 6.58 Å². The third kappa shape index (κ3) is 4.77. The van der Waals surface area contributed by atoms with E-state index in [4.69, 9.17) is 4.74 Å². The molecule has 1 N–H and O–H groups in total. The maximum Gasteiger partial charge on any atom is 0.255 e. The second kappa shape index (κ2) is 9.72. The molecule has 0 aromatic heterocycles. The molecule has 0 spiro atoms. The average molecular weight is 458 g/mol. The molecule has 4 rings (SSSR count). The van der Waals surface area contributed by atoms with E-state index in [0.29, 0.717) is 24.3 Å². The first kappa shape index (κ1) is 22.9. The van der Waals surface area contributed by atoms with Crippen molar-refractivity contribution in [3.63, 3.8) is 0 Å². The van der Waals surface area contributed by atoms with Crippen LogP contribution in [0.3, 0.4) is 0 Å². The van der Waals surface area contributed by atoms with Gasteiger partial charge in [0.15, 0.2) is 0 Å². The van der Waals surface area contributed by atoms with Gasteiger partial charge in [-0.25, -0.2) is 0 Å². The van der Waals surface area contributed by atoms with E-state index in [1.807, 2.05) is 0 Å². The molecule has 0 radical (unpaired) electrons. The molecule has 176 valence electrons. The minimum Gasteiger partial charge on any atom is -0.491 e. The molecule has 2 atom stereocenters. The van der Waals surface area contributed by atoms with Gasteiger partial charge in [-0.2, -0.15) is 0 Å². The molecular weight excluding hydrogens is 429 g/mol. The smallest absolute Gasteiger partial charge is 0.255 e. The highest BCUT2D eigenvalue weighted by atomic mass is 19.1. The molecule has 1 aromatic carbocycles. The first-order valence-electron chi connectivity index (χ1n) is 11.3. The zero-order valence-corrected chi connectivity index (χ0v) is 18.5. The standard InChI is InChI=1S/C24H28FN3O5/c1-15(9-10-25)23(31)27-11-3-2-4-17(27)14-33-18-5-6-19-16(12-18)13-28(24(19)32)20-7-8-21(29)26-22(20)30/h5-6,12,17,20H,1-4,7-11,13-14H2,(H,26,29,30)/t17-,20?/m0/s1. The van der Waals surface area contributed by atoms with Crippen LogP contribution in [0.5, 0.6) is 5.75 Å². The van der Waals surface area contributed by atoms with E-state index in [9.17, 15) is 23.6 Å². The van der Waals surface area contributed by atoms with Gasteiger partial charge in [-0.3, -0.25) is 28.9 Å². The lowest BCUT2D eigenvalue weighted by molar-refractivity contribution is -0.137. The molecule has 2 fully saturated rings. The summed E-state index contributed by atoms with van der Waals surface area (Å²) in [7, 11) is 0. The van der Waals surface area contributed by atoms with Crippen molar-refractivity contribution in [2.24, 2.45) is 0 Å². The summed E-state index contributed by atoms with van der Waals surface area (Å²) in [5, 5.41) is 2.29. The van der Waals surface area contributed by atoms with Crippen molar-refractivity contribution in [1.82, 2.24) is 15.1 Å². The number of imide groups is 1. The summed E-state index contributed by atoms with van der Waals surface area (Å²) >= 11 is 0. The van der Waals surface area contributed by atoms with Crippen LogP contribution in [0.2, 0.25) is 0 Å². The molecule has 1 aromatic rings. The van der Waals surface area contributed by atoms with Crippen LogP contribution in [0, 0.1) is 0 Å². The zero-order chi connectivity index (χ0) is 23.5. The van der Waals surface area contributed by atoms with Gasteiger partial charge in [0, 0.05) is 37.1 Å².